The van der Waals surface area contributed by atoms with Crippen LogP contribution < -0.4 is 4.74 Å². The maximum atomic E-state index is 13.4. The van der Waals surface area contributed by atoms with Gasteiger partial charge in [-0.25, -0.2) is 4.98 Å². The van der Waals surface area contributed by atoms with E-state index in [1.807, 2.05) is 35.2 Å². The van der Waals surface area contributed by atoms with Crippen molar-refractivity contribution in [3.63, 3.8) is 0 Å². The van der Waals surface area contributed by atoms with E-state index < -0.39 is 6.04 Å². The third kappa shape index (κ3) is 5.03. The van der Waals surface area contributed by atoms with Crippen molar-refractivity contribution >= 4 is 11.8 Å². The van der Waals surface area contributed by atoms with Crippen LogP contribution in [-0.2, 0) is 11.2 Å². The zero-order valence-electron chi connectivity index (χ0n) is 19.0. The van der Waals surface area contributed by atoms with Gasteiger partial charge in [0.2, 0.25) is 11.8 Å². The van der Waals surface area contributed by atoms with Gasteiger partial charge in [-0.3, -0.25) is 14.6 Å². The maximum absolute atomic E-state index is 13.4. The van der Waals surface area contributed by atoms with Crippen LogP contribution in [0.3, 0.4) is 0 Å². The lowest BCUT2D eigenvalue weighted by Crippen LogP contribution is -2.59. The minimum atomic E-state index is -0.562. The topological polar surface area (TPSA) is 75.6 Å². The lowest BCUT2D eigenvalue weighted by atomic mass is 9.97. The SMILES string of the molecule is CCCN1CCN(C(=O)c2ccc(OC)nc2)[C@H](Cc2cccc(-c3ccncc3)c2)C1=O. The van der Waals surface area contributed by atoms with Gasteiger partial charge in [-0.05, 0) is 41.3 Å². The number of benzene rings is 1. The first-order valence-corrected chi connectivity index (χ1v) is 11.2. The molecule has 0 bridgehead atoms. The highest BCUT2D eigenvalue weighted by atomic mass is 16.5. The molecule has 0 radical (unpaired) electrons. The van der Waals surface area contributed by atoms with Gasteiger partial charge >= 0.3 is 0 Å². The van der Waals surface area contributed by atoms with Crippen molar-refractivity contribution in [1.82, 2.24) is 19.8 Å². The molecule has 0 saturated carbocycles. The molecule has 1 aromatic carbocycles. The van der Waals surface area contributed by atoms with E-state index >= 15 is 0 Å². The van der Waals surface area contributed by atoms with Crippen LogP contribution >= 0.6 is 0 Å². The molecule has 2 aromatic heterocycles. The normalized spacial score (nSPS) is 16.1. The predicted octanol–water partition coefficient (Wildman–Crippen LogP) is 3.46. The molecule has 7 heteroatoms. The molecule has 0 spiro atoms. The summed E-state index contributed by atoms with van der Waals surface area (Å²) in [4.78, 5) is 38.6. The summed E-state index contributed by atoms with van der Waals surface area (Å²) in [5.41, 5.74) is 3.57. The van der Waals surface area contributed by atoms with Crippen molar-refractivity contribution in [3.05, 3.63) is 78.2 Å². The predicted molar refractivity (Wildman–Crippen MR) is 126 cm³/mol. The third-order valence-corrected chi connectivity index (χ3v) is 5.90. The van der Waals surface area contributed by atoms with Gasteiger partial charge in [0, 0.05) is 50.7 Å². The average Bonchev–Trinajstić information content (AvgIpc) is 2.87. The molecule has 2 amide bonds. The van der Waals surface area contributed by atoms with Crippen LogP contribution in [0.1, 0.15) is 29.3 Å². The van der Waals surface area contributed by atoms with Crippen molar-refractivity contribution in [2.45, 2.75) is 25.8 Å². The maximum Gasteiger partial charge on any atom is 0.256 e. The Morgan fingerprint density at radius 2 is 1.91 bits per heavy atom. The molecule has 0 unspecified atom stereocenters. The van der Waals surface area contributed by atoms with Crippen LogP contribution in [0.2, 0.25) is 0 Å². The summed E-state index contributed by atoms with van der Waals surface area (Å²) in [7, 11) is 1.53. The number of pyridine rings is 2. The van der Waals surface area contributed by atoms with Gasteiger partial charge in [0.25, 0.3) is 5.91 Å². The summed E-state index contributed by atoms with van der Waals surface area (Å²) in [5, 5.41) is 0. The summed E-state index contributed by atoms with van der Waals surface area (Å²) in [6, 6.07) is 14.8. The van der Waals surface area contributed by atoms with Crippen LogP contribution in [0.15, 0.2) is 67.1 Å². The zero-order chi connectivity index (χ0) is 23.2. The number of piperazine rings is 1. The van der Waals surface area contributed by atoms with Crippen molar-refractivity contribution in [2.75, 3.05) is 26.7 Å². The smallest absolute Gasteiger partial charge is 0.256 e. The van der Waals surface area contributed by atoms with Crippen molar-refractivity contribution in [3.8, 4) is 17.0 Å². The molecule has 33 heavy (non-hydrogen) atoms. The van der Waals surface area contributed by atoms with Crippen molar-refractivity contribution in [2.24, 2.45) is 0 Å². The largest absolute Gasteiger partial charge is 0.481 e. The molecule has 1 fully saturated rings. The molecule has 3 heterocycles. The highest BCUT2D eigenvalue weighted by Crippen LogP contribution is 2.24. The summed E-state index contributed by atoms with van der Waals surface area (Å²) < 4.78 is 5.10. The molecule has 0 aliphatic carbocycles. The quantitative estimate of drug-likeness (QED) is 0.558. The first kappa shape index (κ1) is 22.5. The highest BCUT2D eigenvalue weighted by molar-refractivity contribution is 5.98. The minimum Gasteiger partial charge on any atom is -0.481 e. The Morgan fingerprint density at radius 1 is 1.09 bits per heavy atom. The highest BCUT2D eigenvalue weighted by Gasteiger charge is 2.37. The van der Waals surface area contributed by atoms with Gasteiger partial charge in [-0.15, -0.1) is 0 Å². The van der Waals surface area contributed by atoms with Gasteiger partial charge in [-0.1, -0.05) is 31.2 Å². The van der Waals surface area contributed by atoms with E-state index in [4.69, 9.17) is 4.74 Å². The van der Waals surface area contributed by atoms with Gasteiger partial charge in [0.1, 0.15) is 6.04 Å². The number of amides is 2. The Kier molecular flexibility index (Phi) is 6.98. The molecule has 1 atom stereocenters. The number of aromatic nitrogens is 2. The van der Waals surface area contributed by atoms with Gasteiger partial charge in [-0.2, -0.15) is 0 Å². The lowest BCUT2D eigenvalue weighted by molar-refractivity contribution is -0.140. The number of methoxy groups -OCH3 is 1. The van der Waals surface area contributed by atoms with Crippen LogP contribution in [0.5, 0.6) is 5.88 Å². The Bertz CT molecular complexity index is 1100. The number of hydrogen-bond donors (Lipinski definition) is 0. The van der Waals surface area contributed by atoms with Crippen LogP contribution in [0.4, 0.5) is 0 Å². The Labute approximate surface area is 194 Å². The van der Waals surface area contributed by atoms with Gasteiger partial charge in [0.15, 0.2) is 0 Å². The lowest BCUT2D eigenvalue weighted by Gasteiger charge is -2.40. The number of nitrogens with zero attached hydrogens (tertiary/aromatic N) is 4. The van der Waals surface area contributed by atoms with Crippen LogP contribution in [0.25, 0.3) is 11.1 Å². The summed E-state index contributed by atoms with van der Waals surface area (Å²) in [6.07, 6.45) is 6.36. The Balaban J connectivity index is 1.62. The van der Waals surface area contributed by atoms with Gasteiger partial charge in [0.05, 0.1) is 12.7 Å². The third-order valence-electron chi connectivity index (χ3n) is 5.90. The molecule has 0 N–H and O–H groups in total. The number of rotatable bonds is 7. The number of carbonyl (C=O) groups is 2. The molecule has 3 aromatic rings. The monoisotopic (exact) mass is 444 g/mol. The zero-order valence-corrected chi connectivity index (χ0v) is 19.0. The van der Waals surface area contributed by atoms with Crippen molar-refractivity contribution < 1.29 is 14.3 Å². The fourth-order valence-corrected chi connectivity index (χ4v) is 4.21. The van der Waals surface area contributed by atoms with E-state index in [1.165, 1.54) is 13.3 Å². The number of ether oxygens (including phenoxy) is 1. The molecule has 1 aliphatic heterocycles. The second-order valence-electron chi connectivity index (χ2n) is 8.07. The van der Waals surface area contributed by atoms with E-state index in [0.29, 0.717) is 37.5 Å². The summed E-state index contributed by atoms with van der Waals surface area (Å²) in [6.45, 7) is 3.78. The fourth-order valence-electron chi connectivity index (χ4n) is 4.21. The van der Waals surface area contributed by atoms with E-state index in [9.17, 15) is 9.59 Å². The van der Waals surface area contributed by atoms with Gasteiger partial charge < -0.3 is 14.5 Å². The summed E-state index contributed by atoms with van der Waals surface area (Å²) in [5.74, 6) is 0.247. The molecule has 170 valence electrons. The number of carbonyl (C=O) groups excluding carboxylic acids is 2. The molecular weight excluding hydrogens is 416 g/mol. The average molecular weight is 445 g/mol. The van der Waals surface area contributed by atoms with E-state index in [0.717, 1.165) is 23.1 Å². The Morgan fingerprint density at radius 3 is 2.61 bits per heavy atom. The van der Waals surface area contributed by atoms with E-state index in [2.05, 4.69) is 23.0 Å². The first-order valence-electron chi connectivity index (χ1n) is 11.2. The molecule has 1 aliphatic rings. The second kappa shape index (κ2) is 10.3. The second-order valence-corrected chi connectivity index (χ2v) is 8.07. The summed E-state index contributed by atoms with van der Waals surface area (Å²) >= 11 is 0. The first-order chi connectivity index (χ1) is 16.1. The Hall–Kier alpha value is -3.74. The fraction of sp³-hybridized carbons (Fsp3) is 0.308. The molecule has 1 saturated heterocycles. The van der Waals surface area contributed by atoms with Crippen LogP contribution in [0, 0.1) is 0 Å². The minimum absolute atomic E-state index is 0.00719. The van der Waals surface area contributed by atoms with E-state index in [1.54, 1.807) is 29.4 Å². The standard InChI is InChI=1S/C26H28N4O3/c1-3-13-29-14-15-30(25(31)22-7-8-24(33-2)28-18-22)23(26(29)32)17-19-5-4-6-21(16-19)20-9-11-27-12-10-20/h4-12,16,18,23H,3,13-15,17H2,1-2H3/t23-/m1/s1. The molecule has 4 rings (SSSR count). The van der Waals surface area contributed by atoms with Crippen LogP contribution in [-0.4, -0.2) is 64.4 Å². The number of hydrogen-bond acceptors (Lipinski definition) is 5. The van der Waals surface area contributed by atoms with Crippen molar-refractivity contribution in [1.29, 1.82) is 0 Å². The molecular formula is C26H28N4O3. The molecule has 7 nitrogen and oxygen atoms in total. The van der Waals surface area contributed by atoms with E-state index in [-0.39, 0.29) is 11.8 Å².